The first-order chi connectivity index (χ1) is 11.7. The monoisotopic (exact) mass is 363 g/mol. The molecule has 0 saturated carbocycles. The Kier molecular flexibility index (Phi) is 5.38. The molecule has 2 rings (SSSR count). The van der Waals surface area contributed by atoms with Crippen LogP contribution in [0.5, 0.6) is 5.75 Å². The molecule has 0 spiro atoms. The van der Waals surface area contributed by atoms with Gasteiger partial charge in [-0.3, -0.25) is 10.1 Å². The van der Waals surface area contributed by atoms with E-state index in [1.54, 1.807) is 25.1 Å². The quantitative estimate of drug-likeness (QED) is 0.482. The summed E-state index contributed by atoms with van der Waals surface area (Å²) in [6, 6.07) is 10.6. The highest BCUT2D eigenvalue weighted by molar-refractivity contribution is 7.89. The number of rotatable bonds is 6. The lowest BCUT2D eigenvalue weighted by Gasteiger charge is -2.07. The lowest BCUT2D eigenvalue weighted by molar-refractivity contribution is -0.385. The van der Waals surface area contributed by atoms with Gasteiger partial charge in [0.1, 0.15) is 0 Å². The molecular weight excluding hydrogens is 346 g/mol. The van der Waals surface area contributed by atoms with Crippen LogP contribution >= 0.6 is 0 Å². The molecule has 2 aromatic rings. The van der Waals surface area contributed by atoms with Crippen LogP contribution in [-0.4, -0.2) is 26.2 Å². The average molecular weight is 363 g/mol. The molecule has 0 atom stereocenters. The minimum Gasteiger partial charge on any atom is -0.490 e. The van der Waals surface area contributed by atoms with Gasteiger partial charge in [-0.1, -0.05) is 17.7 Å². The van der Waals surface area contributed by atoms with E-state index in [9.17, 15) is 18.5 Å². The number of aryl methyl sites for hydroxylation is 1. The zero-order valence-electron chi connectivity index (χ0n) is 13.9. The Hall–Kier alpha value is -2.94. The third kappa shape index (κ3) is 4.32. The minimum absolute atomic E-state index is 0.0790. The van der Waals surface area contributed by atoms with Crippen LogP contribution in [0.15, 0.2) is 52.5 Å². The molecular formula is C16H17N3O5S. The largest absolute Gasteiger partial charge is 0.490 e. The molecule has 2 aromatic carbocycles. The second-order valence-electron chi connectivity index (χ2n) is 5.25. The summed E-state index contributed by atoms with van der Waals surface area (Å²) in [6.07, 6.45) is 0. The number of ether oxygens (including phenoxy) is 1. The Morgan fingerprint density at radius 1 is 1.20 bits per heavy atom. The van der Waals surface area contributed by atoms with Crippen molar-refractivity contribution in [3.05, 3.63) is 63.7 Å². The van der Waals surface area contributed by atoms with Crippen molar-refractivity contribution in [2.24, 2.45) is 5.10 Å². The third-order valence-electron chi connectivity index (χ3n) is 3.46. The predicted molar refractivity (Wildman–Crippen MR) is 93.4 cm³/mol. The summed E-state index contributed by atoms with van der Waals surface area (Å²) < 4.78 is 29.3. The van der Waals surface area contributed by atoms with E-state index in [2.05, 4.69) is 9.93 Å². The van der Waals surface area contributed by atoms with E-state index in [1.165, 1.54) is 31.4 Å². The van der Waals surface area contributed by atoms with Crippen molar-refractivity contribution in [3.8, 4) is 5.75 Å². The van der Waals surface area contributed by atoms with Crippen molar-refractivity contribution < 1.29 is 18.1 Å². The standard InChI is InChI=1S/C16H17N3O5S/c1-11-4-7-14(8-5-11)25(22,23)18-17-12(2)13-6-9-16(24-3)15(10-13)19(20)21/h4-10,18H,1-3H3. The summed E-state index contributed by atoms with van der Waals surface area (Å²) in [6.45, 7) is 3.39. The van der Waals surface area contributed by atoms with E-state index in [4.69, 9.17) is 4.74 Å². The highest BCUT2D eigenvalue weighted by atomic mass is 32.2. The summed E-state index contributed by atoms with van der Waals surface area (Å²) >= 11 is 0. The maximum atomic E-state index is 12.2. The first-order valence-electron chi connectivity index (χ1n) is 7.20. The van der Waals surface area contributed by atoms with E-state index >= 15 is 0 Å². The molecule has 0 aliphatic rings. The summed E-state index contributed by atoms with van der Waals surface area (Å²) in [5.41, 5.74) is 1.39. The Bertz CT molecular complexity index is 921. The van der Waals surface area contributed by atoms with Gasteiger partial charge in [-0.25, -0.2) is 0 Å². The summed E-state index contributed by atoms with van der Waals surface area (Å²) in [5, 5.41) is 14.9. The van der Waals surface area contributed by atoms with Gasteiger partial charge in [-0.15, -0.1) is 0 Å². The molecule has 0 amide bonds. The lowest BCUT2D eigenvalue weighted by Crippen LogP contribution is -2.20. The Balaban J connectivity index is 2.28. The van der Waals surface area contributed by atoms with E-state index < -0.39 is 14.9 Å². The number of benzene rings is 2. The highest BCUT2D eigenvalue weighted by Crippen LogP contribution is 2.27. The zero-order valence-corrected chi connectivity index (χ0v) is 14.7. The van der Waals surface area contributed by atoms with Gasteiger partial charge in [0.05, 0.1) is 22.6 Å². The number of methoxy groups -OCH3 is 1. The van der Waals surface area contributed by atoms with Gasteiger partial charge in [0.25, 0.3) is 10.0 Å². The number of nitrogens with zero attached hydrogens (tertiary/aromatic N) is 2. The van der Waals surface area contributed by atoms with Gasteiger partial charge in [0, 0.05) is 11.6 Å². The van der Waals surface area contributed by atoms with Gasteiger partial charge in [0.15, 0.2) is 5.75 Å². The fourth-order valence-electron chi connectivity index (χ4n) is 2.02. The Morgan fingerprint density at radius 2 is 1.84 bits per heavy atom. The second kappa shape index (κ2) is 7.31. The van der Waals surface area contributed by atoms with Crippen LogP contribution in [0.25, 0.3) is 0 Å². The Labute approximate surface area is 145 Å². The van der Waals surface area contributed by atoms with Crippen molar-refractivity contribution in [1.29, 1.82) is 0 Å². The van der Waals surface area contributed by atoms with Gasteiger partial charge in [-0.2, -0.15) is 18.4 Å². The van der Waals surface area contributed by atoms with Crippen LogP contribution in [0.3, 0.4) is 0 Å². The molecule has 0 aliphatic heterocycles. The molecule has 25 heavy (non-hydrogen) atoms. The van der Waals surface area contributed by atoms with E-state index in [1.807, 2.05) is 6.92 Å². The van der Waals surface area contributed by atoms with Crippen molar-refractivity contribution >= 4 is 21.4 Å². The molecule has 0 bridgehead atoms. The number of hydrazone groups is 1. The fourth-order valence-corrected chi connectivity index (χ4v) is 2.88. The van der Waals surface area contributed by atoms with Crippen molar-refractivity contribution in [2.45, 2.75) is 18.7 Å². The van der Waals surface area contributed by atoms with Gasteiger partial charge in [-0.05, 0) is 38.1 Å². The van der Waals surface area contributed by atoms with Crippen LogP contribution in [0.1, 0.15) is 18.1 Å². The molecule has 132 valence electrons. The summed E-state index contributed by atoms with van der Waals surface area (Å²) in [5.74, 6) is 0.113. The molecule has 8 nitrogen and oxygen atoms in total. The topological polar surface area (TPSA) is 111 Å². The summed E-state index contributed by atoms with van der Waals surface area (Å²) in [4.78, 5) is 12.7. The van der Waals surface area contributed by atoms with Gasteiger partial charge >= 0.3 is 5.69 Å². The van der Waals surface area contributed by atoms with Gasteiger partial charge in [0.2, 0.25) is 0 Å². The SMILES string of the molecule is COc1ccc(C(C)=NNS(=O)(=O)c2ccc(C)cc2)cc1[N+](=O)[O-]. The van der Waals surface area contributed by atoms with Crippen LogP contribution in [0, 0.1) is 17.0 Å². The van der Waals surface area contributed by atoms with Crippen molar-refractivity contribution in [3.63, 3.8) is 0 Å². The summed E-state index contributed by atoms with van der Waals surface area (Å²) in [7, 11) is -2.48. The van der Waals surface area contributed by atoms with Crippen LogP contribution in [0.4, 0.5) is 5.69 Å². The molecule has 1 N–H and O–H groups in total. The molecule has 0 radical (unpaired) electrons. The first kappa shape index (κ1) is 18.4. The number of sulfonamides is 1. The van der Waals surface area contributed by atoms with E-state index in [-0.39, 0.29) is 22.0 Å². The van der Waals surface area contributed by atoms with Crippen LogP contribution < -0.4 is 9.57 Å². The number of hydrogen-bond donors (Lipinski definition) is 1. The smallest absolute Gasteiger partial charge is 0.311 e. The predicted octanol–water partition coefficient (Wildman–Crippen LogP) is 2.61. The molecule has 0 heterocycles. The highest BCUT2D eigenvalue weighted by Gasteiger charge is 2.17. The normalized spacial score (nSPS) is 11.9. The van der Waals surface area contributed by atoms with Crippen molar-refractivity contribution in [1.82, 2.24) is 4.83 Å². The van der Waals surface area contributed by atoms with E-state index in [0.717, 1.165) is 5.56 Å². The molecule has 9 heteroatoms. The maximum absolute atomic E-state index is 12.2. The minimum atomic E-state index is -3.82. The molecule has 0 unspecified atom stereocenters. The molecule has 0 saturated heterocycles. The van der Waals surface area contributed by atoms with Crippen molar-refractivity contribution in [2.75, 3.05) is 7.11 Å². The van der Waals surface area contributed by atoms with E-state index in [0.29, 0.717) is 5.56 Å². The van der Waals surface area contributed by atoms with Gasteiger partial charge < -0.3 is 4.74 Å². The molecule has 0 aromatic heterocycles. The Morgan fingerprint density at radius 3 is 2.40 bits per heavy atom. The molecule has 0 fully saturated rings. The number of hydrogen-bond acceptors (Lipinski definition) is 6. The lowest BCUT2D eigenvalue weighted by atomic mass is 10.1. The average Bonchev–Trinajstić information content (AvgIpc) is 2.59. The number of nitro groups is 1. The van der Waals surface area contributed by atoms with Crippen LogP contribution in [-0.2, 0) is 10.0 Å². The first-order valence-corrected chi connectivity index (χ1v) is 8.68. The molecule has 0 aliphatic carbocycles. The maximum Gasteiger partial charge on any atom is 0.311 e. The third-order valence-corrected chi connectivity index (χ3v) is 4.68. The second-order valence-corrected chi connectivity index (χ2v) is 6.91. The van der Waals surface area contributed by atoms with Crippen LogP contribution in [0.2, 0.25) is 0 Å². The number of nitro benzene ring substituents is 1. The fraction of sp³-hybridized carbons (Fsp3) is 0.188. The zero-order chi connectivity index (χ0) is 18.6. The number of nitrogens with one attached hydrogen (secondary N) is 1.